The van der Waals surface area contributed by atoms with Gasteiger partial charge in [-0.3, -0.25) is 4.98 Å². The highest BCUT2D eigenvalue weighted by Crippen LogP contribution is 2.28. The topological polar surface area (TPSA) is 84.1 Å². The number of aromatic nitrogens is 3. The molecule has 2 aromatic rings. The maximum atomic E-state index is 10.3. The van der Waals surface area contributed by atoms with Crippen molar-refractivity contribution in [3.8, 4) is 11.4 Å². The highest BCUT2D eigenvalue weighted by molar-refractivity contribution is 9.10. The Bertz CT molecular complexity index is 566. The summed E-state index contributed by atoms with van der Waals surface area (Å²) in [6.07, 6.45) is 3.90. The van der Waals surface area contributed by atoms with Crippen molar-refractivity contribution >= 4 is 15.9 Å². The van der Waals surface area contributed by atoms with Crippen LogP contribution in [0.2, 0.25) is 0 Å². The van der Waals surface area contributed by atoms with Crippen LogP contribution in [0.3, 0.4) is 0 Å². The van der Waals surface area contributed by atoms with Gasteiger partial charge in [0.15, 0.2) is 5.60 Å². The molecule has 3 rings (SSSR count). The van der Waals surface area contributed by atoms with Crippen LogP contribution in [0, 0.1) is 0 Å². The third kappa shape index (κ3) is 2.05. The van der Waals surface area contributed by atoms with Gasteiger partial charge in [0.25, 0.3) is 5.89 Å². The first-order valence-electron chi connectivity index (χ1n) is 5.56. The SMILES string of the molecule is OC1(c2nc(-c3cncc(Br)c3)no2)CCNC1. The molecule has 1 aliphatic heterocycles. The highest BCUT2D eigenvalue weighted by Gasteiger charge is 2.38. The van der Waals surface area contributed by atoms with Crippen LogP contribution in [0.5, 0.6) is 0 Å². The van der Waals surface area contributed by atoms with E-state index in [1.165, 1.54) is 0 Å². The molecule has 1 unspecified atom stereocenters. The Hall–Kier alpha value is -1.31. The molecule has 7 heteroatoms. The number of hydrogen-bond donors (Lipinski definition) is 2. The molecule has 1 saturated heterocycles. The van der Waals surface area contributed by atoms with E-state index in [2.05, 4.69) is 36.4 Å². The molecular weight excluding hydrogens is 300 g/mol. The molecule has 2 aromatic heterocycles. The molecule has 94 valence electrons. The Morgan fingerprint density at radius 1 is 1.44 bits per heavy atom. The predicted molar refractivity (Wildman–Crippen MR) is 66.6 cm³/mol. The van der Waals surface area contributed by atoms with Crippen LogP contribution in [-0.4, -0.2) is 33.3 Å². The lowest BCUT2D eigenvalue weighted by Crippen LogP contribution is -2.28. The third-order valence-electron chi connectivity index (χ3n) is 2.92. The van der Waals surface area contributed by atoms with E-state index >= 15 is 0 Å². The van der Waals surface area contributed by atoms with Crippen LogP contribution in [-0.2, 0) is 5.60 Å². The third-order valence-corrected chi connectivity index (χ3v) is 3.35. The second-order valence-corrected chi connectivity index (χ2v) is 5.19. The minimum Gasteiger partial charge on any atom is -0.379 e. The molecule has 0 amide bonds. The van der Waals surface area contributed by atoms with Gasteiger partial charge >= 0.3 is 0 Å². The van der Waals surface area contributed by atoms with E-state index < -0.39 is 5.60 Å². The van der Waals surface area contributed by atoms with Crippen LogP contribution in [0.25, 0.3) is 11.4 Å². The average Bonchev–Trinajstić information content (AvgIpc) is 2.98. The molecule has 2 N–H and O–H groups in total. The van der Waals surface area contributed by atoms with Gasteiger partial charge in [-0.15, -0.1) is 0 Å². The minimum atomic E-state index is -1.05. The van der Waals surface area contributed by atoms with Gasteiger partial charge in [0.1, 0.15) is 0 Å². The van der Waals surface area contributed by atoms with Crippen LogP contribution >= 0.6 is 15.9 Å². The van der Waals surface area contributed by atoms with E-state index in [1.54, 1.807) is 12.4 Å². The molecule has 3 heterocycles. The van der Waals surface area contributed by atoms with Crippen molar-refractivity contribution in [3.05, 3.63) is 28.8 Å². The molecule has 18 heavy (non-hydrogen) atoms. The number of nitrogens with one attached hydrogen (secondary N) is 1. The zero-order valence-electron chi connectivity index (χ0n) is 9.43. The van der Waals surface area contributed by atoms with Gasteiger partial charge in [-0.2, -0.15) is 4.98 Å². The van der Waals surface area contributed by atoms with Gasteiger partial charge in [-0.1, -0.05) is 5.16 Å². The summed E-state index contributed by atoms with van der Waals surface area (Å²) in [4.78, 5) is 8.29. The summed E-state index contributed by atoms with van der Waals surface area (Å²) in [6.45, 7) is 1.18. The zero-order chi connectivity index (χ0) is 12.6. The lowest BCUT2D eigenvalue weighted by Gasteiger charge is -2.14. The van der Waals surface area contributed by atoms with Crippen LogP contribution in [0.1, 0.15) is 12.3 Å². The van der Waals surface area contributed by atoms with E-state index in [0.717, 1.165) is 16.6 Å². The largest absolute Gasteiger partial charge is 0.379 e. The van der Waals surface area contributed by atoms with Crippen molar-refractivity contribution in [2.45, 2.75) is 12.0 Å². The monoisotopic (exact) mass is 310 g/mol. The predicted octanol–water partition coefficient (Wildman–Crippen LogP) is 1.07. The quantitative estimate of drug-likeness (QED) is 0.863. The van der Waals surface area contributed by atoms with Crippen LogP contribution in [0.4, 0.5) is 0 Å². The normalized spacial score (nSPS) is 23.4. The van der Waals surface area contributed by atoms with E-state index in [-0.39, 0.29) is 5.89 Å². The Kier molecular flexibility index (Phi) is 2.89. The van der Waals surface area contributed by atoms with Crippen molar-refractivity contribution in [2.24, 2.45) is 0 Å². The van der Waals surface area contributed by atoms with Crippen molar-refractivity contribution < 1.29 is 9.63 Å². The van der Waals surface area contributed by atoms with Gasteiger partial charge in [-0.05, 0) is 35.0 Å². The Morgan fingerprint density at radius 3 is 3.06 bits per heavy atom. The van der Waals surface area contributed by atoms with E-state index in [1.807, 2.05) is 6.07 Å². The Balaban J connectivity index is 1.94. The molecule has 0 spiro atoms. The summed E-state index contributed by atoms with van der Waals surface area (Å²) in [6, 6.07) is 1.85. The first-order valence-corrected chi connectivity index (χ1v) is 6.35. The summed E-state index contributed by atoms with van der Waals surface area (Å²) >= 11 is 3.34. The molecule has 1 atom stereocenters. The van der Waals surface area contributed by atoms with Gasteiger partial charge in [0.2, 0.25) is 5.82 Å². The summed E-state index contributed by atoms with van der Waals surface area (Å²) in [5, 5.41) is 17.2. The molecular formula is C11H11BrN4O2. The Labute approximate surface area is 112 Å². The molecule has 0 saturated carbocycles. The molecule has 1 aliphatic rings. The number of nitrogens with zero attached hydrogens (tertiary/aromatic N) is 3. The molecule has 0 aromatic carbocycles. The number of aliphatic hydroxyl groups is 1. The van der Waals surface area contributed by atoms with Gasteiger partial charge in [0, 0.05) is 29.0 Å². The lowest BCUT2D eigenvalue weighted by atomic mass is 10.0. The summed E-state index contributed by atoms with van der Waals surface area (Å²) in [7, 11) is 0. The zero-order valence-corrected chi connectivity index (χ0v) is 11.0. The summed E-state index contributed by atoms with van der Waals surface area (Å²) < 4.78 is 5.99. The molecule has 0 aliphatic carbocycles. The lowest BCUT2D eigenvalue weighted by molar-refractivity contribution is 0.0243. The Morgan fingerprint density at radius 2 is 2.33 bits per heavy atom. The van der Waals surface area contributed by atoms with Crippen molar-refractivity contribution in [2.75, 3.05) is 13.1 Å². The smallest absolute Gasteiger partial charge is 0.260 e. The summed E-state index contributed by atoms with van der Waals surface area (Å²) in [5.74, 6) is 0.682. The standard InChI is InChI=1S/C11H11BrN4O2/c12-8-3-7(4-14-5-8)9-15-10(18-16-9)11(17)1-2-13-6-11/h3-5,13,17H,1-2,6H2. The minimum absolute atomic E-state index is 0.252. The number of β-amino-alcohol motifs (C(OH)–C–C–N with tert-alkyl or cyclic N) is 1. The fourth-order valence-electron chi connectivity index (χ4n) is 1.93. The number of halogens is 1. The van der Waals surface area contributed by atoms with E-state index in [9.17, 15) is 5.11 Å². The second-order valence-electron chi connectivity index (χ2n) is 4.27. The van der Waals surface area contributed by atoms with E-state index in [4.69, 9.17) is 4.52 Å². The van der Waals surface area contributed by atoms with Gasteiger partial charge in [-0.25, -0.2) is 0 Å². The summed E-state index contributed by atoms with van der Waals surface area (Å²) in [5.41, 5.74) is -0.307. The number of rotatable bonds is 2. The highest BCUT2D eigenvalue weighted by atomic mass is 79.9. The van der Waals surface area contributed by atoms with Crippen molar-refractivity contribution in [1.82, 2.24) is 20.4 Å². The first kappa shape index (κ1) is 11.8. The van der Waals surface area contributed by atoms with Gasteiger partial charge < -0.3 is 14.9 Å². The molecule has 6 nitrogen and oxygen atoms in total. The maximum Gasteiger partial charge on any atom is 0.260 e. The van der Waals surface area contributed by atoms with Gasteiger partial charge in [0.05, 0.1) is 0 Å². The first-order chi connectivity index (χ1) is 8.67. The molecule has 1 fully saturated rings. The average molecular weight is 311 g/mol. The van der Waals surface area contributed by atoms with Crippen LogP contribution in [0.15, 0.2) is 27.5 Å². The number of pyridine rings is 1. The fraction of sp³-hybridized carbons (Fsp3) is 0.364. The van der Waals surface area contributed by atoms with Crippen LogP contribution < -0.4 is 5.32 Å². The molecule has 0 bridgehead atoms. The van der Waals surface area contributed by atoms with E-state index in [0.29, 0.717) is 18.8 Å². The van der Waals surface area contributed by atoms with Crippen molar-refractivity contribution in [3.63, 3.8) is 0 Å². The second kappa shape index (κ2) is 4.42. The molecule has 0 radical (unpaired) electrons. The van der Waals surface area contributed by atoms with Crippen molar-refractivity contribution in [1.29, 1.82) is 0 Å². The maximum absolute atomic E-state index is 10.3. The fourth-order valence-corrected chi connectivity index (χ4v) is 2.29. The number of hydrogen-bond acceptors (Lipinski definition) is 6.